The average molecular weight is 530 g/mol. The summed E-state index contributed by atoms with van der Waals surface area (Å²) in [6, 6.07) is 10.9. The highest BCUT2D eigenvalue weighted by molar-refractivity contribution is 14.0. The number of hydrogen-bond acceptors (Lipinski definition) is 5. The molecule has 1 fully saturated rings. The number of aliphatic imine (C=N–C) groups is 1. The largest absolute Gasteiger partial charge is 0.496 e. The second kappa shape index (κ2) is 12.4. The van der Waals surface area contributed by atoms with Crippen LogP contribution in [0.25, 0.3) is 0 Å². The monoisotopic (exact) mass is 530 g/mol. The van der Waals surface area contributed by atoms with Gasteiger partial charge in [0.15, 0.2) is 5.96 Å². The summed E-state index contributed by atoms with van der Waals surface area (Å²) in [4.78, 5) is 8.24. The Morgan fingerprint density at radius 2 is 2.07 bits per heavy atom. The van der Waals surface area contributed by atoms with E-state index in [4.69, 9.17) is 9.47 Å². The molecule has 8 heteroatoms. The Morgan fingerprint density at radius 3 is 2.72 bits per heavy atom. The molecule has 6 nitrogen and oxygen atoms in total. The fourth-order valence-electron chi connectivity index (χ4n) is 3.37. The van der Waals surface area contributed by atoms with Crippen molar-refractivity contribution < 1.29 is 9.47 Å². The van der Waals surface area contributed by atoms with E-state index in [0.717, 1.165) is 50.1 Å². The summed E-state index contributed by atoms with van der Waals surface area (Å²) in [6.07, 6.45) is 0. The SMILES string of the molecule is CN=C(NCc1ccc(C)cc1OC)NCC(c1cccs1)N1CCOCC1.I. The van der Waals surface area contributed by atoms with Crippen LogP contribution in [0.4, 0.5) is 0 Å². The fourth-order valence-corrected chi connectivity index (χ4v) is 4.23. The first-order chi connectivity index (χ1) is 13.7. The number of nitrogens with one attached hydrogen (secondary N) is 2. The summed E-state index contributed by atoms with van der Waals surface area (Å²) in [5.74, 6) is 1.69. The minimum Gasteiger partial charge on any atom is -0.496 e. The molecule has 1 unspecified atom stereocenters. The van der Waals surface area contributed by atoms with E-state index in [1.165, 1.54) is 10.4 Å². The van der Waals surface area contributed by atoms with E-state index in [2.05, 4.69) is 63.2 Å². The zero-order chi connectivity index (χ0) is 19.8. The standard InChI is InChI=1S/C21H30N4O2S.HI/c1-16-6-7-17(19(13-16)26-3)14-23-21(22-2)24-15-18(20-5-4-12-28-20)25-8-10-27-11-9-25;/h4-7,12-13,18H,8-11,14-15H2,1-3H3,(H2,22,23,24);1H. The zero-order valence-electron chi connectivity index (χ0n) is 17.3. The fraction of sp³-hybridized carbons (Fsp3) is 0.476. The number of guanidine groups is 1. The van der Waals surface area contributed by atoms with Crippen molar-refractivity contribution in [3.63, 3.8) is 0 Å². The highest BCUT2D eigenvalue weighted by Crippen LogP contribution is 2.25. The second-order valence-electron chi connectivity index (χ2n) is 6.80. The Balaban J connectivity index is 0.00000300. The van der Waals surface area contributed by atoms with Gasteiger partial charge in [-0.25, -0.2) is 0 Å². The third-order valence-electron chi connectivity index (χ3n) is 4.93. The van der Waals surface area contributed by atoms with Crippen molar-refractivity contribution in [3.05, 3.63) is 51.7 Å². The van der Waals surface area contributed by atoms with Crippen LogP contribution in [0.3, 0.4) is 0 Å². The Morgan fingerprint density at radius 1 is 1.28 bits per heavy atom. The molecule has 0 saturated carbocycles. The molecule has 0 amide bonds. The topological polar surface area (TPSA) is 58.1 Å². The van der Waals surface area contributed by atoms with Gasteiger partial charge in [0.25, 0.3) is 0 Å². The first kappa shape index (κ1) is 23.9. The number of aryl methyl sites for hydroxylation is 1. The number of thiophene rings is 1. The highest BCUT2D eigenvalue weighted by atomic mass is 127. The van der Waals surface area contributed by atoms with E-state index in [1.807, 2.05) is 0 Å². The minimum atomic E-state index is 0. The lowest BCUT2D eigenvalue weighted by Gasteiger charge is -2.34. The molecule has 2 heterocycles. The van der Waals surface area contributed by atoms with E-state index in [1.54, 1.807) is 25.5 Å². The van der Waals surface area contributed by atoms with Crippen LogP contribution in [0.5, 0.6) is 5.75 Å². The number of hydrogen-bond donors (Lipinski definition) is 2. The van der Waals surface area contributed by atoms with Gasteiger partial charge in [0.05, 0.1) is 26.4 Å². The first-order valence-electron chi connectivity index (χ1n) is 9.64. The van der Waals surface area contributed by atoms with Crippen molar-refractivity contribution in [3.8, 4) is 5.75 Å². The van der Waals surface area contributed by atoms with Gasteiger partial charge in [-0.15, -0.1) is 35.3 Å². The average Bonchev–Trinajstić information content (AvgIpc) is 3.26. The maximum absolute atomic E-state index is 5.53. The second-order valence-corrected chi connectivity index (χ2v) is 7.78. The van der Waals surface area contributed by atoms with Crippen LogP contribution in [0.15, 0.2) is 40.7 Å². The van der Waals surface area contributed by atoms with Crippen LogP contribution in [0.2, 0.25) is 0 Å². The van der Waals surface area contributed by atoms with E-state index in [9.17, 15) is 0 Å². The third-order valence-corrected chi connectivity index (χ3v) is 5.91. The van der Waals surface area contributed by atoms with Crippen molar-refractivity contribution in [2.45, 2.75) is 19.5 Å². The molecule has 1 aromatic carbocycles. The molecule has 2 N–H and O–H groups in total. The van der Waals surface area contributed by atoms with Gasteiger partial charge in [-0.1, -0.05) is 18.2 Å². The number of rotatable bonds is 7. The summed E-state index contributed by atoms with van der Waals surface area (Å²) in [6.45, 7) is 7.02. The molecule has 0 aliphatic carbocycles. The van der Waals surface area contributed by atoms with E-state index < -0.39 is 0 Å². The molecular formula is C21H31IN4O2S. The number of morpholine rings is 1. The maximum Gasteiger partial charge on any atom is 0.191 e. The predicted molar refractivity (Wildman–Crippen MR) is 131 cm³/mol. The molecule has 29 heavy (non-hydrogen) atoms. The van der Waals surface area contributed by atoms with Crippen LogP contribution in [-0.4, -0.2) is 57.9 Å². The van der Waals surface area contributed by atoms with Gasteiger partial charge in [-0.05, 0) is 30.0 Å². The third kappa shape index (κ3) is 6.84. The molecule has 1 aromatic heterocycles. The van der Waals surface area contributed by atoms with Gasteiger partial charge in [-0.2, -0.15) is 0 Å². The first-order valence-corrected chi connectivity index (χ1v) is 10.5. The molecule has 2 aromatic rings. The molecule has 1 aliphatic rings. The van der Waals surface area contributed by atoms with Crippen molar-refractivity contribution in [1.29, 1.82) is 0 Å². The van der Waals surface area contributed by atoms with Gasteiger partial charge < -0.3 is 20.1 Å². The summed E-state index contributed by atoms with van der Waals surface area (Å²) < 4.78 is 11.0. The van der Waals surface area contributed by atoms with Gasteiger partial charge in [0.1, 0.15) is 5.75 Å². The van der Waals surface area contributed by atoms with E-state index in [0.29, 0.717) is 12.6 Å². The lowest BCUT2D eigenvalue weighted by Crippen LogP contribution is -2.46. The Kier molecular flexibility index (Phi) is 10.2. The number of halogens is 1. The molecule has 0 bridgehead atoms. The summed E-state index contributed by atoms with van der Waals surface area (Å²) in [5.41, 5.74) is 2.30. The maximum atomic E-state index is 5.53. The van der Waals surface area contributed by atoms with Crippen LogP contribution in [0, 0.1) is 6.92 Å². The summed E-state index contributed by atoms with van der Waals surface area (Å²) in [5, 5.41) is 9.04. The molecule has 1 atom stereocenters. The Labute approximate surface area is 194 Å². The Hall–Kier alpha value is -1.36. The number of benzene rings is 1. The highest BCUT2D eigenvalue weighted by Gasteiger charge is 2.23. The molecule has 0 radical (unpaired) electrons. The minimum absolute atomic E-state index is 0. The number of methoxy groups -OCH3 is 1. The van der Waals surface area contributed by atoms with Gasteiger partial charge >= 0.3 is 0 Å². The van der Waals surface area contributed by atoms with Crippen molar-refractivity contribution in [2.24, 2.45) is 4.99 Å². The van der Waals surface area contributed by atoms with Crippen molar-refractivity contribution in [2.75, 3.05) is 47.0 Å². The predicted octanol–water partition coefficient (Wildman–Crippen LogP) is 3.42. The van der Waals surface area contributed by atoms with E-state index >= 15 is 0 Å². The van der Waals surface area contributed by atoms with Crippen LogP contribution >= 0.6 is 35.3 Å². The molecular weight excluding hydrogens is 499 g/mol. The van der Waals surface area contributed by atoms with Gasteiger partial charge in [-0.3, -0.25) is 9.89 Å². The van der Waals surface area contributed by atoms with E-state index in [-0.39, 0.29) is 24.0 Å². The lowest BCUT2D eigenvalue weighted by molar-refractivity contribution is 0.0177. The molecule has 160 valence electrons. The normalized spacial score (nSPS) is 16.0. The Bertz CT molecular complexity index is 764. The van der Waals surface area contributed by atoms with Crippen LogP contribution in [0.1, 0.15) is 22.0 Å². The lowest BCUT2D eigenvalue weighted by atomic mass is 10.1. The molecule has 1 saturated heterocycles. The quantitative estimate of drug-likeness (QED) is 0.327. The zero-order valence-corrected chi connectivity index (χ0v) is 20.5. The van der Waals surface area contributed by atoms with Crippen LogP contribution < -0.4 is 15.4 Å². The van der Waals surface area contributed by atoms with Gasteiger partial charge in [0, 0.05) is 43.7 Å². The van der Waals surface area contributed by atoms with Gasteiger partial charge in [0.2, 0.25) is 0 Å². The summed E-state index contributed by atoms with van der Waals surface area (Å²) in [7, 11) is 3.51. The van der Waals surface area contributed by atoms with Crippen molar-refractivity contribution in [1.82, 2.24) is 15.5 Å². The number of ether oxygens (including phenoxy) is 2. The number of nitrogens with zero attached hydrogens (tertiary/aromatic N) is 2. The smallest absolute Gasteiger partial charge is 0.191 e. The molecule has 3 rings (SSSR count). The molecule has 0 spiro atoms. The molecule has 1 aliphatic heterocycles. The van der Waals surface area contributed by atoms with Crippen LogP contribution in [-0.2, 0) is 11.3 Å². The summed E-state index contributed by atoms with van der Waals surface area (Å²) >= 11 is 1.80. The van der Waals surface area contributed by atoms with Crippen molar-refractivity contribution >= 4 is 41.3 Å².